The normalized spacial score (nSPS) is 10.5. The van der Waals surface area contributed by atoms with Crippen LogP contribution in [0.15, 0.2) is 70.9 Å². The first-order valence-electron chi connectivity index (χ1n) is 11.7. The van der Waals surface area contributed by atoms with Gasteiger partial charge in [-0.25, -0.2) is 4.98 Å². The van der Waals surface area contributed by atoms with Crippen molar-refractivity contribution in [3.63, 3.8) is 0 Å². The molecular formula is C28H27N3O6S2. The monoisotopic (exact) mass is 565 g/mol. The summed E-state index contributed by atoms with van der Waals surface area (Å²) in [7, 11) is 6.15. The van der Waals surface area contributed by atoms with Gasteiger partial charge >= 0.3 is 0 Å². The number of methoxy groups -OCH3 is 4. The summed E-state index contributed by atoms with van der Waals surface area (Å²) in [4.78, 5) is 30.9. The van der Waals surface area contributed by atoms with Crippen molar-refractivity contribution < 1.29 is 28.5 Å². The second kappa shape index (κ2) is 13.0. The van der Waals surface area contributed by atoms with Crippen molar-refractivity contribution in [1.29, 1.82) is 0 Å². The molecule has 0 spiro atoms. The first kappa shape index (κ1) is 27.8. The van der Waals surface area contributed by atoms with Crippen LogP contribution >= 0.6 is 23.1 Å². The van der Waals surface area contributed by atoms with Gasteiger partial charge in [0, 0.05) is 21.5 Å². The molecule has 0 fully saturated rings. The Balaban J connectivity index is 1.36. The number of hydrogen-bond acceptors (Lipinski definition) is 9. The number of nitrogens with one attached hydrogen (secondary N) is 2. The molecule has 9 nitrogen and oxygen atoms in total. The molecule has 0 aliphatic rings. The zero-order valence-electron chi connectivity index (χ0n) is 21.8. The van der Waals surface area contributed by atoms with Crippen LogP contribution in [-0.2, 0) is 4.79 Å². The van der Waals surface area contributed by atoms with Gasteiger partial charge in [-0.2, -0.15) is 0 Å². The number of amides is 2. The van der Waals surface area contributed by atoms with Crippen molar-refractivity contribution in [3.05, 3.63) is 71.6 Å². The third kappa shape index (κ3) is 6.81. The Labute approximate surface area is 234 Å². The third-order valence-corrected chi connectivity index (χ3v) is 7.30. The number of carbonyl (C=O) groups is 2. The van der Waals surface area contributed by atoms with E-state index in [-0.39, 0.29) is 17.6 Å². The second-order valence-electron chi connectivity index (χ2n) is 7.96. The van der Waals surface area contributed by atoms with Crippen LogP contribution in [0.2, 0.25) is 0 Å². The molecule has 0 atom stereocenters. The van der Waals surface area contributed by atoms with Crippen LogP contribution in [0, 0.1) is 0 Å². The molecule has 1 aromatic heterocycles. The van der Waals surface area contributed by atoms with Crippen molar-refractivity contribution >= 4 is 45.7 Å². The lowest BCUT2D eigenvalue weighted by Gasteiger charge is -2.13. The van der Waals surface area contributed by atoms with Gasteiger partial charge in [-0.05, 0) is 48.5 Å². The van der Waals surface area contributed by atoms with E-state index >= 15 is 0 Å². The predicted molar refractivity (Wildman–Crippen MR) is 154 cm³/mol. The lowest BCUT2D eigenvalue weighted by molar-refractivity contribution is -0.113. The van der Waals surface area contributed by atoms with Crippen LogP contribution in [0.1, 0.15) is 10.4 Å². The van der Waals surface area contributed by atoms with E-state index in [1.54, 1.807) is 44.6 Å². The van der Waals surface area contributed by atoms with Gasteiger partial charge in [0.2, 0.25) is 5.91 Å². The number of thioether (sulfide) groups is 1. The van der Waals surface area contributed by atoms with E-state index in [1.165, 1.54) is 37.3 Å². The van der Waals surface area contributed by atoms with Gasteiger partial charge in [-0.15, -0.1) is 23.1 Å². The van der Waals surface area contributed by atoms with E-state index in [0.29, 0.717) is 39.4 Å². The standard InChI is InChI=1S/C28H27N3O6S2/c1-34-21-12-11-17(13-24(21)37-4)20-15-39-28(30-20)31-25(32)16-38-19-8-5-7-18(14-19)29-27(33)26-22(35-2)9-6-10-23(26)36-3/h5-15H,16H2,1-4H3,(H,29,33)(H,30,31,32). The topological polar surface area (TPSA) is 108 Å². The summed E-state index contributed by atoms with van der Waals surface area (Å²) in [6.45, 7) is 0. The molecular weight excluding hydrogens is 538 g/mol. The minimum Gasteiger partial charge on any atom is -0.496 e. The molecule has 0 aliphatic carbocycles. The molecule has 0 unspecified atom stereocenters. The van der Waals surface area contributed by atoms with E-state index in [0.717, 1.165) is 16.2 Å². The van der Waals surface area contributed by atoms with Crippen molar-refractivity contribution in [2.24, 2.45) is 0 Å². The molecule has 4 rings (SSSR count). The van der Waals surface area contributed by atoms with Crippen LogP contribution in [0.25, 0.3) is 11.3 Å². The predicted octanol–water partition coefficient (Wildman–Crippen LogP) is 5.83. The number of nitrogens with zero attached hydrogens (tertiary/aromatic N) is 1. The van der Waals surface area contributed by atoms with E-state index < -0.39 is 0 Å². The first-order valence-corrected chi connectivity index (χ1v) is 13.5. The average molecular weight is 566 g/mol. The number of thiazole rings is 1. The molecule has 0 saturated heterocycles. The van der Waals surface area contributed by atoms with Gasteiger partial charge in [-0.3, -0.25) is 9.59 Å². The Hall–Kier alpha value is -4.22. The van der Waals surface area contributed by atoms with Crippen LogP contribution in [0.5, 0.6) is 23.0 Å². The lowest BCUT2D eigenvalue weighted by Crippen LogP contribution is -2.15. The molecule has 4 aromatic rings. The molecule has 0 aliphatic heterocycles. The van der Waals surface area contributed by atoms with E-state index in [2.05, 4.69) is 15.6 Å². The molecule has 0 saturated carbocycles. The summed E-state index contributed by atoms with van der Waals surface area (Å²) in [5.74, 6) is 1.66. The fourth-order valence-corrected chi connectivity index (χ4v) is 5.19. The van der Waals surface area contributed by atoms with Crippen molar-refractivity contribution in [2.45, 2.75) is 4.90 Å². The zero-order valence-corrected chi connectivity index (χ0v) is 23.4. The SMILES string of the molecule is COc1ccc(-c2csc(NC(=O)CSc3cccc(NC(=O)c4c(OC)cccc4OC)c3)n2)cc1OC. The second-order valence-corrected chi connectivity index (χ2v) is 9.87. The Morgan fingerprint density at radius 1 is 0.821 bits per heavy atom. The van der Waals surface area contributed by atoms with Crippen LogP contribution < -0.4 is 29.6 Å². The lowest BCUT2D eigenvalue weighted by atomic mass is 10.1. The third-order valence-electron chi connectivity index (χ3n) is 5.55. The molecule has 202 valence electrons. The number of aromatic nitrogens is 1. The minimum atomic E-state index is -0.363. The van der Waals surface area contributed by atoms with Gasteiger partial charge in [0.05, 0.1) is 39.9 Å². The molecule has 2 amide bonds. The van der Waals surface area contributed by atoms with Crippen molar-refractivity contribution in [1.82, 2.24) is 4.98 Å². The number of benzene rings is 3. The molecule has 0 radical (unpaired) electrons. The number of hydrogen-bond donors (Lipinski definition) is 2. The smallest absolute Gasteiger partial charge is 0.263 e. The number of ether oxygens (including phenoxy) is 4. The van der Waals surface area contributed by atoms with Crippen molar-refractivity contribution in [2.75, 3.05) is 44.8 Å². The summed E-state index contributed by atoms with van der Waals surface area (Å²) in [5, 5.41) is 8.08. The van der Waals surface area contributed by atoms with Crippen LogP contribution in [0.4, 0.5) is 10.8 Å². The maximum atomic E-state index is 13.0. The van der Waals surface area contributed by atoms with Crippen LogP contribution in [-0.4, -0.2) is 51.0 Å². The zero-order chi connectivity index (χ0) is 27.8. The number of rotatable bonds is 11. The Morgan fingerprint density at radius 2 is 1.51 bits per heavy atom. The number of anilines is 2. The summed E-state index contributed by atoms with van der Waals surface area (Å²) in [5.41, 5.74) is 2.45. The summed E-state index contributed by atoms with van der Waals surface area (Å²) in [6, 6.07) is 17.9. The van der Waals surface area contributed by atoms with E-state index in [1.807, 2.05) is 35.7 Å². The maximum absolute atomic E-state index is 13.0. The number of carbonyl (C=O) groups excluding carboxylic acids is 2. The highest BCUT2D eigenvalue weighted by Gasteiger charge is 2.18. The largest absolute Gasteiger partial charge is 0.496 e. The highest BCUT2D eigenvalue weighted by molar-refractivity contribution is 8.00. The summed E-state index contributed by atoms with van der Waals surface area (Å²) >= 11 is 2.68. The van der Waals surface area contributed by atoms with E-state index in [4.69, 9.17) is 18.9 Å². The molecule has 2 N–H and O–H groups in total. The van der Waals surface area contributed by atoms with Gasteiger partial charge in [-0.1, -0.05) is 12.1 Å². The minimum absolute atomic E-state index is 0.170. The van der Waals surface area contributed by atoms with Crippen LogP contribution in [0.3, 0.4) is 0 Å². The quantitative estimate of drug-likeness (QED) is 0.219. The molecule has 39 heavy (non-hydrogen) atoms. The maximum Gasteiger partial charge on any atom is 0.263 e. The van der Waals surface area contributed by atoms with Gasteiger partial charge in [0.15, 0.2) is 16.6 Å². The Morgan fingerprint density at radius 3 is 2.21 bits per heavy atom. The fourth-order valence-electron chi connectivity index (χ4n) is 3.70. The first-order chi connectivity index (χ1) is 18.9. The highest BCUT2D eigenvalue weighted by atomic mass is 32.2. The molecule has 11 heteroatoms. The average Bonchev–Trinajstić information content (AvgIpc) is 3.43. The van der Waals surface area contributed by atoms with Gasteiger partial charge < -0.3 is 29.6 Å². The molecule has 1 heterocycles. The summed E-state index contributed by atoms with van der Waals surface area (Å²) in [6.07, 6.45) is 0. The van der Waals surface area contributed by atoms with Gasteiger partial charge in [0.25, 0.3) is 5.91 Å². The summed E-state index contributed by atoms with van der Waals surface area (Å²) < 4.78 is 21.3. The van der Waals surface area contributed by atoms with Crippen molar-refractivity contribution in [3.8, 4) is 34.3 Å². The molecule has 0 bridgehead atoms. The van der Waals surface area contributed by atoms with Gasteiger partial charge in [0.1, 0.15) is 17.1 Å². The highest BCUT2D eigenvalue weighted by Crippen LogP contribution is 2.34. The fraction of sp³-hybridized carbons (Fsp3) is 0.179. The Kier molecular flexibility index (Phi) is 9.29. The Bertz CT molecular complexity index is 1450. The molecule has 3 aromatic carbocycles. The van der Waals surface area contributed by atoms with E-state index in [9.17, 15) is 9.59 Å².